The average molecular weight is 1030 g/mol. The summed E-state index contributed by atoms with van der Waals surface area (Å²) in [6.45, 7) is 0. The summed E-state index contributed by atoms with van der Waals surface area (Å²) in [5.41, 5.74) is 1.10. The molecule has 322 valence electrons. The zero-order valence-corrected chi connectivity index (χ0v) is 34.1. The molecular formula is C40H38N4O16Pt+2. The topological polar surface area (TPSA) is 356 Å². The van der Waals surface area contributed by atoms with Crippen molar-refractivity contribution in [2.45, 2.75) is 77.0 Å². The van der Waals surface area contributed by atoms with Gasteiger partial charge in [-0.05, 0) is 94.5 Å². The summed E-state index contributed by atoms with van der Waals surface area (Å²) in [6, 6.07) is 5.39. The summed E-state index contributed by atoms with van der Waals surface area (Å²) in [4.78, 5) is 112. The molecule has 5 rings (SSSR count). The Bertz CT molecular complexity index is 2600. The molecule has 0 saturated heterocycles. The number of fused-ring (bicyclic) bond motifs is 8. The van der Waals surface area contributed by atoms with Crippen molar-refractivity contribution in [1.82, 2.24) is 19.9 Å². The van der Waals surface area contributed by atoms with Gasteiger partial charge in [0.15, 0.2) is 0 Å². The fourth-order valence-electron chi connectivity index (χ4n) is 7.37. The van der Waals surface area contributed by atoms with E-state index in [1.54, 1.807) is 0 Å². The molecule has 3 aromatic heterocycles. The van der Waals surface area contributed by atoms with Crippen LogP contribution in [0.3, 0.4) is 0 Å². The van der Waals surface area contributed by atoms with Gasteiger partial charge in [-0.25, -0.2) is 9.97 Å². The molecule has 21 heteroatoms. The third-order valence-electron chi connectivity index (χ3n) is 9.81. The second-order valence-corrected chi connectivity index (χ2v) is 13.9. The Morgan fingerprint density at radius 1 is 0.361 bits per heavy atom. The first kappa shape index (κ1) is 46.7. The van der Waals surface area contributed by atoms with E-state index in [1.165, 1.54) is 24.3 Å². The predicted molar refractivity (Wildman–Crippen MR) is 207 cm³/mol. The largest absolute Gasteiger partial charge is 2.00 e. The van der Waals surface area contributed by atoms with Gasteiger partial charge in [0.05, 0.1) is 48.5 Å². The van der Waals surface area contributed by atoms with Crippen LogP contribution >= 0.6 is 0 Å². The molecule has 3 aromatic rings. The molecule has 0 radical (unpaired) electrons. The Hall–Kier alpha value is -6.95. The van der Waals surface area contributed by atoms with Crippen molar-refractivity contribution in [2.75, 3.05) is 0 Å². The fraction of sp³-hybridized carbons (Fsp3) is 0.300. The van der Waals surface area contributed by atoms with Crippen LogP contribution in [0.5, 0.6) is 0 Å². The summed E-state index contributed by atoms with van der Waals surface area (Å²) >= 11 is 0. The number of carbonyl (C=O) groups is 8. The molecule has 0 unspecified atom stereocenters. The van der Waals surface area contributed by atoms with Gasteiger partial charge in [-0.3, -0.25) is 38.4 Å². The normalized spacial score (nSPS) is 12.2. The van der Waals surface area contributed by atoms with Crippen LogP contribution in [0.4, 0.5) is 0 Å². The van der Waals surface area contributed by atoms with E-state index in [4.69, 9.17) is 0 Å². The molecule has 2 aliphatic heterocycles. The zero-order chi connectivity index (χ0) is 44.0. The van der Waals surface area contributed by atoms with Crippen molar-refractivity contribution in [3.63, 3.8) is 0 Å². The van der Waals surface area contributed by atoms with Crippen LogP contribution in [0.15, 0.2) is 24.3 Å². The Morgan fingerprint density at radius 3 is 1.03 bits per heavy atom. The van der Waals surface area contributed by atoms with E-state index in [2.05, 4.69) is 19.9 Å². The Kier molecular flexibility index (Phi) is 15.2. The van der Waals surface area contributed by atoms with Crippen molar-refractivity contribution < 1.29 is 100 Å². The third-order valence-corrected chi connectivity index (χ3v) is 9.81. The predicted octanol–water partition coefficient (Wildman–Crippen LogP) is 4.10. The van der Waals surface area contributed by atoms with Crippen molar-refractivity contribution >= 4 is 92.1 Å². The summed E-state index contributed by atoms with van der Waals surface area (Å²) in [5.74, 6) is -10.3. The molecule has 0 spiro atoms. The summed E-state index contributed by atoms with van der Waals surface area (Å²) in [7, 11) is 0. The van der Waals surface area contributed by atoms with Gasteiger partial charge in [0.1, 0.15) is 0 Å². The standard InChI is InChI=1S/C40H38N4O16.Pt/c45-33(46)5-1-17-21(9-37(53)54)29-14-26-19(3-7-35(49)50)23(11-39(57)58)31(43-26)16-28-20(4-8-36(51)52)24(12-40(59)60)32(44-28)15-27-18(2-6-34(47)48)22(10-38(55)56)30(42-27)13-25(17)41-29;/h13-16,41-42H,1-12H2,(H,45,46)(H,47,48)(H,49,50)(H,51,52)(H,53,54)(H,55,56)(H,57,58)(H,59,60);/q;+2. The molecular weight excluding hydrogens is 988 g/mol. The molecule has 0 aromatic carbocycles. The molecule has 0 amide bonds. The Labute approximate surface area is 357 Å². The molecule has 20 nitrogen and oxygen atoms in total. The van der Waals surface area contributed by atoms with Crippen LogP contribution in [-0.4, -0.2) is 109 Å². The van der Waals surface area contributed by atoms with Crippen molar-refractivity contribution in [1.29, 1.82) is 0 Å². The van der Waals surface area contributed by atoms with E-state index in [9.17, 15) is 79.2 Å². The first-order valence-electron chi connectivity index (χ1n) is 18.3. The third kappa shape index (κ3) is 11.6. The first-order valence-corrected chi connectivity index (χ1v) is 18.3. The fourth-order valence-corrected chi connectivity index (χ4v) is 7.37. The van der Waals surface area contributed by atoms with Gasteiger partial charge in [0, 0.05) is 47.8 Å². The maximum atomic E-state index is 12.3. The number of rotatable bonds is 20. The molecule has 5 heterocycles. The second kappa shape index (κ2) is 19.9. The van der Waals surface area contributed by atoms with Gasteiger partial charge in [-0.2, -0.15) is 0 Å². The number of nitrogens with one attached hydrogen (secondary N) is 2. The van der Waals surface area contributed by atoms with E-state index >= 15 is 0 Å². The van der Waals surface area contributed by atoms with Crippen LogP contribution in [0.1, 0.15) is 96.4 Å². The number of hydrogen-bond donors (Lipinski definition) is 10. The minimum absolute atomic E-state index is 0. The van der Waals surface area contributed by atoms with Crippen LogP contribution < -0.4 is 0 Å². The maximum absolute atomic E-state index is 12.3. The number of allylic oxidation sites excluding steroid dienone is 2. The Balaban J connectivity index is 0.00000819. The van der Waals surface area contributed by atoms with Gasteiger partial charge in [0.25, 0.3) is 0 Å². The number of aromatic nitrogens is 4. The summed E-state index contributed by atoms with van der Waals surface area (Å²) < 4.78 is 0. The van der Waals surface area contributed by atoms with Crippen molar-refractivity contribution in [3.05, 3.63) is 69.3 Å². The van der Waals surface area contributed by atoms with Crippen molar-refractivity contribution in [2.24, 2.45) is 0 Å². The summed E-state index contributed by atoms with van der Waals surface area (Å²) in [6.07, 6.45) is -5.74. The molecule has 0 atom stereocenters. The van der Waals surface area contributed by atoms with E-state index in [0.29, 0.717) is 0 Å². The monoisotopic (exact) mass is 1030 g/mol. The summed E-state index contributed by atoms with van der Waals surface area (Å²) in [5, 5.41) is 78.6. The van der Waals surface area contributed by atoms with E-state index in [0.717, 1.165) is 0 Å². The molecule has 10 N–H and O–H groups in total. The maximum Gasteiger partial charge on any atom is 2.00 e. The van der Waals surface area contributed by atoms with Gasteiger partial charge in [-0.1, -0.05) is 0 Å². The number of carboxylic acids is 8. The number of aliphatic carboxylic acids is 8. The van der Waals surface area contributed by atoms with E-state index in [1.807, 2.05) is 0 Å². The van der Waals surface area contributed by atoms with Crippen LogP contribution in [0.2, 0.25) is 0 Å². The number of H-pyrrole nitrogens is 2. The van der Waals surface area contributed by atoms with E-state index in [-0.39, 0.29) is 136 Å². The molecule has 61 heavy (non-hydrogen) atoms. The average Bonchev–Trinajstić information content (AvgIpc) is 3.81. The van der Waals surface area contributed by atoms with E-state index < -0.39 is 99.1 Å². The molecule has 0 aliphatic carbocycles. The second-order valence-electron chi connectivity index (χ2n) is 13.9. The first-order chi connectivity index (χ1) is 28.3. The minimum atomic E-state index is -1.35. The van der Waals surface area contributed by atoms with Gasteiger partial charge in [0.2, 0.25) is 0 Å². The molecule has 0 fully saturated rings. The van der Waals surface area contributed by atoms with Crippen LogP contribution in [0.25, 0.3) is 44.4 Å². The zero-order valence-electron chi connectivity index (χ0n) is 31.8. The molecule has 2 aliphatic rings. The number of nitrogens with zero attached hydrogens (tertiary/aromatic N) is 2. The molecule has 0 saturated carbocycles. The number of aromatic amines is 2. The van der Waals surface area contributed by atoms with Crippen LogP contribution in [0, 0.1) is 0 Å². The smallest absolute Gasteiger partial charge is 0.481 e. The van der Waals surface area contributed by atoms with Gasteiger partial charge in [-0.15, -0.1) is 0 Å². The minimum Gasteiger partial charge on any atom is -0.481 e. The molecule has 8 bridgehead atoms. The number of hydrogen-bond acceptors (Lipinski definition) is 10. The van der Waals surface area contributed by atoms with Gasteiger partial charge < -0.3 is 50.8 Å². The van der Waals surface area contributed by atoms with Gasteiger partial charge >= 0.3 is 68.8 Å². The van der Waals surface area contributed by atoms with Crippen LogP contribution in [-0.2, 0) is 85.1 Å². The SMILES string of the molecule is O=C(O)CCC1=C(CC(=O)O)c2cc3nc(cc4[nH]c(cc5[nH]c(cc1n2)c(CC(=O)O)c5CCC(=O)O)c(CC(=O)O)c4CCC(=O)O)C(CC(=O)O)=C3CCC(=O)O.[Pt+2]. The number of aryl methyl sites for hydroxylation is 2. The number of carboxylic acid groups (broad SMARTS) is 8. The van der Waals surface area contributed by atoms with Crippen molar-refractivity contribution in [3.8, 4) is 0 Å². The Morgan fingerprint density at radius 2 is 0.656 bits per heavy atom. The quantitative estimate of drug-likeness (QED) is 0.0761.